The van der Waals surface area contributed by atoms with Crippen molar-refractivity contribution in [1.29, 1.82) is 0 Å². The molecule has 27 heavy (non-hydrogen) atoms. The van der Waals surface area contributed by atoms with Gasteiger partial charge in [0.1, 0.15) is 17.1 Å². The van der Waals surface area contributed by atoms with Gasteiger partial charge in [0, 0.05) is 6.54 Å². The Labute approximate surface area is 162 Å². The molecule has 0 spiro atoms. The first-order valence-corrected chi connectivity index (χ1v) is 9.49. The van der Waals surface area contributed by atoms with Crippen LogP contribution in [-0.4, -0.2) is 15.0 Å². The molecule has 1 aromatic carbocycles. The van der Waals surface area contributed by atoms with Gasteiger partial charge in [0.05, 0.1) is 16.2 Å². The number of thiophene rings is 1. The fourth-order valence-corrected chi connectivity index (χ4v) is 3.75. The Bertz CT molecular complexity index is 1130. The van der Waals surface area contributed by atoms with Crippen LogP contribution < -0.4 is 16.6 Å². The number of nitrogens with zero attached hydrogens (tertiary/aromatic N) is 2. The van der Waals surface area contributed by atoms with E-state index in [1.54, 1.807) is 11.4 Å². The SMILES string of the molecule is CC(C)Cn1c(=O)c2sccc2n(CC(=O)Nc2cc(F)ccc2Cl)c1=O. The number of benzene rings is 1. The van der Waals surface area contributed by atoms with E-state index in [4.69, 9.17) is 11.6 Å². The summed E-state index contributed by atoms with van der Waals surface area (Å²) in [5, 5.41) is 4.38. The molecule has 0 aliphatic carbocycles. The predicted octanol–water partition coefficient (Wildman–Crippen LogP) is 3.31. The predicted molar refractivity (Wildman–Crippen MR) is 105 cm³/mol. The molecule has 0 aliphatic heterocycles. The van der Waals surface area contributed by atoms with Gasteiger partial charge in [-0.3, -0.25) is 18.7 Å². The minimum Gasteiger partial charge on any atom is -0.323 e. The molecular weight excluding hydrogens is 393 g/mol. The maximum absolute atomic E-state index is 13.4. The second kappa shape index (κ2) is 7.66. The van der Waals surface area contributed by atoms with Crippen molar-refractivity contribution < 1.29 is 9.18 Å². The minimum absolute atomic E-state index is 0.0844. The molecule has 6 nitrogen and oxygen atoms in total. The number of anilines is 1. The second-order valence-corrected chi connectivity index (χ2v) is 7.81. The fraction of sp³-hybridized carbons (Fsp3) is 0.278. The van der Waals surface area contributed by atoms with Crippen LogP contribution in [0.4, 0.5) is 10.1 Å². The maximum Gasteiger partial charge on any atom is 0.332 e. The second-order valence-electron chi connectivity index (χ2n) is 6.49. The lowest BCUT2D eigenvalue weighted by molar-refractivity contribution is -0.116. The number of fused-ring (bicyclic) bond motifs is 1. The first-order chi connectivity index (χ1) is 12.8. The Hall–Kier alpha value is -2.45. The topological polar surface area (TPSA) is 73.1 Å². The van der Waals surface area contributed by atoms with Gasteiger partial charge >= 0.3 is 5.69 Å². The van der Waals surface area contributed by atoms with E-state index in [2.05, 4.69) is 5.32 Å². The van der Waals surface area contributed by atoms with Crippen LogP contribution in [0.25, 0.3) is 10.2 Å². The lowest BCUT2D eigenvalue weighted by Crippen LogP contribution is -2.42. The number of hydrogen-bond acceptors (Lipinski definition) is 4. The van der Waals surface area contributed by atoms with Gasteiger partial charge in [-0.1, -0.05) is 25.4 Å². The van der Waals surface area contributed by atoms with E-state index in [9.17, 15) is 18.8 Å². The third kappa shape index (κ3) is 3.96. The minimum atomic E-state index is -0.555. The highest BCUT2D eigenvalue weighted by Crippen LogP contribution is 2.22. The molecule has 3 aromatic rings. The van der Waals surface area contributed by atoms with Crippen LogP contribution in [0.3, 0.4) is 0 Å². The van der Waals surface area contributed by atoms with Crippen molar-refractivity contribution in [2.24, 2.45) is 5.92 Å². The summed E-state index contributed by atoms with van der Waals surface area (Å²) in [5.41, 5.74) is -0.397. The highest BCUT2D eigenvalue weighted by molar-refractivity contribution is 7.17. The fourth-order valence-electron chi connectivity index (χ4n) is 2.74. The molecule has 1 N–H and O–H groups in total. The van der Waals surface area contributed by atoms with Crippen molar-refractivity contribution in [3.05, 3.63) is 61.3 Å². The summed E-state index contributed by atoms with van der Waals surface area (Å²) in [6.07, 6.45) is 0. The average molecular weight is 410 g/mol. The molecule has 0 saturated carbocycles. The third-order valence-corrected chi connectivity index (χ3v) is 5.11. The van der Waals surface area contributed by atoms with Gasteiger partial charge < -0.3 is 5.32 Å². The number of amides is 1. The van der Waals surface area contributed by atoms with Crippen molar-refractivity contribution in [1.82, 2.24) is 9.13 Å². The lowest BCUT2D eigenvalue weighted by Gasteiger charge is -2.14. The molecule has 1 amide bonds. The molecule has 2 heterocycles. The highest BCUT2D eigenvalue weighted by Gasteiger charge is 2.17. The summed E-state index contributed by atoms with van der Waals surface area (Å²) in [6, 6.07) is 5.24. The average Bonchev–Trinajstić information content (AvgIpc) is 3.08. The largest absolute Gasteiger partial charge is 0.332 e. The summed E-state index contributed by atoms with van der Waals surface area (Å²) >= 11 is 7.18. The maximum atomic E-state index is 13.4. The normalized spacial score (nSPS) is 11.3. The van der Waals surface area contributed by atoms with E-state index < -0.39 is 17.4 Å². The van der Waals surface area contributed by atoms with Crippen molar-refractivity contribution in [2.75, 3.05) is 5.32 Å². The molecule has 3 rings (SSSR count). The summed E-state index contributed by atoms with van der Waals surface area (Å²) in [5.74, 6) is -1.01. The standard InChI is InChI=1S/C18H17ClFN3O3S/c1-10(2)8-23-17(25)16-14(5-6-27-16)22(18(23)26)9-15(24)21-13-7-11(20)3-4-12(13)19/h3-7,10H,8-9H2,1-2H3,(H,21,24). The van der Waals surface area contributed by atoms with E-state index in [0.717, 1.165) is 10.6 Å². The Morgan fingerprint density at radius 3 is 2.70 bits per heavy atom. The Morgan fingerprint density at radius 2 is 2.00 bits per heavy atom. The first kappa shape index (κ1) is 19.3. The zero-order valence-corrected chi connectivity index (χ0v) is 16.2. The molecule has 0 aliphatic rings. The summed E-state index contributed by atoms with van der Waals surface area (Å²) < 4.78 is 16.2. The van der Waals surface area contributed by atoms with Crippen LogP contribution in [0.5, 0.6) is 0 Å². The van der Waals surface area contributed by atoms with Gasteiger partial charge in [-0.15, -0.1) is 11.3 Å². The van der Waals surface area contributed by atoms with Crippen molar-refractivity contribution >= 4 is 44.7 Å². The van der Waals surface area contributed by atoms with Crippen molar-refractivity contribution in [3.63, 3.8) is 0 Å². The molecular formula is C18H17ClFN3O3S. The number of rotatable bonds is 5. The monoisotopic (exact) mass is 409 g/mol. The van der Waals surface area contributed by atoms with E-state index in [1.165, 1.54) is 28.0 Å². The Balaban J connectivity index is 2.00. The van der Waals surface area contributed by atoms with Gasteiger partial charge in [-0.05, 0) is 35.6 Å². The zero-order valence-electron chi connectivity index (χ0n) is 14.7. The Kier molecular flexibility index (Phi) is 5.48. The van der Waals surface area contributed by atoms with Gasteiger partial charge in [-0.2, -0.15) is 0 Å². The van der Waals surface area contributed by atoms with Crippen LogP contribution >= 0.6 is 22.9 Å². The molecule has 142 valence electrons. The van der Waals surface area contributed by atoms with Gasteiger partial charge in [0.15, 0.2) is 0 Å². The van der Waals surface area contributed by atoms with Crippen LogP contribution in [0.1, 0.15) is 13.8 Å². The smallest absolute Gasteiger partial charge is 0.323 e. The van der Waals surface area contributed by atoms with E-state index in [1.807, 2.05) is 13.8 Å². The highest BCUT2D eigenvalue weighted by atomic mass is 35.5. The van der Waals surface area contributed by atoms with E-state index in [-0.39, 0.29) is 35.3 Å². The summed E-state index contributed by atoms with van der Waals surface area (Å²) in [6.45, 7) is 3.72. The number of carbonyl (C=O) groups excluding carboxylic acids is 1. The van der Waals surface area contributed by atoms with E-state index in [0.29, 0.717) is 10.2 Å². The number of hydrogen-bond donors (Lipinski definition) is 1. The Morgan fingerprint density at radius 1 is 1.26 bits per heavy atom. The van der Waals surface area contributed by atoms with Gasteiger partial charge in [0.2, 0.25) is 5.91 Å². The first-order valence-electron chi connectivity index (χ1n) is 8.23. The van der Waals surface area contributed by atoms with Gasteiger partial charge in [0.25, 0.3) is 5.56 Å². The van der Waals surface area contributed by atoms with Crippen LogP contribution in [0, 0.1) is 11.7 Å². The summed E-state index contributed by atoms with van der Waals surface area (Å²) in [4.78, 5) is 37.8. The van der Waals surface area contributed by atoms with Crippen LogP contribution in [0.2, 0.25) is 5.02 Å². The van der Waals surface area contributed by atoms with Crippen molar-refractivity contribution in [2.45, 2.75) is 26.9 Å². The molecule has 0 unspecified atom stereocenters. The van der Waals surface area contributed by atoms with Gasteiger partial charge in [-0.25, -0.2) is 9.18 Å². The summed E-state index contributed by atoms with van der Waals surface area (Å²) in [7, 11) is 0. The molecule has 0 bridgehead atoms. The van der Waals surface area contributed by atoms with Crippen LogP contribution in [-0.2, 0) is 17.9 Å². The molecule has 9 heteroatoms. The molecule has 0 radical (unpaired) electrons. The number of nitrogens with one attached hydrogen (secondary N) is 1. The third-order valence-electron chi connectivity index (χ3n) is 3.89. The quantitative estimate of drug-likeness (QED) is 0.702. The molecule has 2 aromatic heterocycles. The van der Waals surface area contributed by atoms with Crippen LogP contribution in [0.15, 0.2) is 39.2 Å². The molecule has 0 saturated heterocycles. The number of aromatic nitrogens is 2. The molecule has 0 fully saturated rings. The lowest BCUT2D eigenvalue weighted by atomic mass is 10.2. The van der Waals surface area contributed by atoms with Crippen molar-refractivity contribution in [3.8, 4) is 0 Å². The van der Waals surface area contributed by atoms with E-state index >= 15 is 0 Å². The number of halogens is 2. The number of carbonyl (C=O) groups is 1. The molecule has 0 atom stereocenters. The zero-order chi connectivity index (χ0) is 19.7.